The molecule has 166 valence electrons. The van der Waals surface area contributed by atoms with E-state index in [0.717, 1.165) is 5.56 Å². The average molecular weight is 444 g/mol. The third-order valence-electron chi connectivity index (χ3n) is 4.74. The highest BCUT2D eigenvalue weighted by Gasteiger charge is 2.23. The first-order valence-electron chi connectivity index (χ1n) is 10.2. The number of hydrogen-bond acceptors (Lipinski definition) is 5. The highest BCUT2D eigenvalue weighted by Crippen LogP contribution is 2.34. The molecule has 31 heavy (non-hydrogen) atoms. The second-order valence-electron chi connectivity index (χ2n) is 8.89. The summed E-state index contributed by atoms with van der Waals surface area (Å²) in [6, 6.07) is 9.96. The SMILES string of the molecule is Cc1nn(C)c(/C(OCOC(=O)CC(C)C)=C(\C#N)c2ccc(C(C)(C)C)cc2)c1Cl. The molecule has 7 heteroatoms. The maximum atomic E-state index is 11.9. The van der Waals surface area contributed by atoms with E-state index < -0.39 is 0 Å². The lowest BCUT2D eigenvalue weighted by molar-refractivity contribution is -0.152. The van der Waals surface area contributed by atoms with Gasteiger partial charge >= 0.3 is 5.97 Å². The topological polar surface area (TPSA) is 77.1 Å². The van der Waals surface area contributed by atoms with E-state index in [1.54, 1.807) is 18.7 Å². The summed E-state index contributed by atoms with van der Waals surface area (Å²) in [7, 11) is 1.72. The normalized spacial score (nSPS) is 12.4. The van der Waals surface area contributed by atoms with Crippen LogP contribution in [0.15, 0.2) is 24.3 Å². The van der Waals surface area contributed by atoms with Gasteiger partial charge < -0.3 is 9.47 Å². The molecule has 0 bridgehead atoms. The van der Waals surface area contributed by atoms with Gasteiger partial charge in [-0.25, -0.2) is 0 Å². The minimum absolute atomic E-state index is 0.0124. The molecule has 2 rings (SSSR count). The van der Waals surface area contributed by atoms with E-state index in [1.165, 1.54) is 0 Å². The van der Waals surface area contributed by atoms with E-state index in [-0.39, 0.29) is 41.8 Å². The van der Waals surface area contributed by atoms with Gasteiger partial charge in [0.25, 0.3) is 0 Å². The van der Waals surface area contributed by atoms with Crippen LogP contribution in [0.25, 0.3) is 11.3 Å². The number of esters is 1. The molecule has 1 heterocycles. The zero-order valence-corrected chi connectivity index (χ0v) is 20.0. The molecule has 0 aliphatic heterocycles. The van der Waals surface area contributed by atoms with E-state index in [2.05, 4.69) is 31.9 Å². The standard InChI is InChI=1S/C24H30ClN3O3/c1-15(2)12-20(29)30-14-31-23(22-21(25)16(3)27-28(22)7)19(13-26)17-8-10-18(11-9-17)24(4,5)6/h8-11,15H,12,14H2,1-7H3/b23-19-. The summed E-state index contributed by atoms with van der Waals surface area (Å²) in [5.74, 6) is 0.0267. The molecule has 0 spiro atoms. The fourth-order valence-corrected chi connectivity index (χ4v) is 3.31. The number of nitriles is 1. The molecule has 2 aromatic rings. The number of aryl methyl sites for hydroxylation is 2. The molecule has 0 aliphatic rings. The van der Waals surface area contributed by atoms with Crippen LogP contribution in [0.5, 0.6) is 0 Å². The Morgan fingerprint density at radius 3 is 2.29 bits per heavy atom. The molecule has 6 nitrogen and oxygen atoms in total. The average Bonchev–Trinajstić information content (AvgIpc) is 2.92. The summed E-state index contributed by atoms with van der Waals surface area (Å²) in [5, 5.41) is 14.7. The summed E-state index contributed by atoms with van der Waals surface area (Å²) in [4.78, 5) is 11.9. The lowest BCUT2D eigenvalue weighted by atomic mass is 9.86. The van der Waals surface area contributed by atoms with Crippen molar-refractivity contribution in [2.24, 2.45) is 13.0 Å². The molecule has 0 atom stereocenters. The Kier molecular flexibility index (Phi) is 7.91. The number of rotatable bonds is 7. The Labute approximate surface area is 189 Å². The van der Waals surface area contributed by atoms with Gasteiger partial charge in [-0.3, -0.25) is 9.48 Å². The van der Waals surface area contributed by atoms with Crippen LogP contribution in [-0.4, -0.2) is 22.5 Å². The van der Waals surface area contributed by atoms with Gasteiger partial charge in [0.15, 0.2) is 5.76 Å². The van der Waals surface area contributed by atoms with E-state index in [1.807, 2.05) is 38.1 Å². The smallest absolute Gasteiger partial charge is 0.308 e. The van der Waals surface area contributed by atoms with Crippen molar-refractivity contribution < 1.29 is 14.3 Å². The van der Waals surface area contributed by atoms with Gasteiger partial charge in [-0.05, 0) is 29.4 Å². The van der Waals surface area contributed by atoms with Crippen LogP contribution < -0.4 is 0 Å². The van der Waals surface area contributed by atoms with Gasteiger partial charge in [-0.15, -0.1) is 0 Å². The summed E-state index contributed by atoms with van der Waals surface area (Å²) in [6.45, 7) is 11.7. The van der Waals surface area contributed by atoms with Crippen molar-refractivity contribution in [3.8, 4) is 6.07 Å². The van der Waals surface area contributed by atoms with Gasteiger partial charge in [-0.1, -0.05) is 70.5 Å². The number of halogens is 1. The van der Waals surface area contributed by atoms with Crippen LogP contribution >= 0.6 is 11.6 Å². The Bertz CT molecular complexity index is 1010. The molecular formula is C24H30ClN3O3. The highest BCUT2D eigenvalue weighted by molar-refractivity contribution is 6.33. The van der Waals surface area contributed by atoms with Crippen LogP contribution in [0, 0.1) is 24.2 Å². The Balaban J connectivity index is 2.49. The number of ether oxygens (including phenoxy) is 2. The van der Waals surface area contributed by atoms with Gasteiger partial charge in [0.05, 0.1) is 10.7 Å². The first-order valence-corrected chi connectivity index (χ1v) is 10.6. The number of hydrogen-bond donors (Lipinski definition) is 0. The third kappa shape index (κ3) is 6.11. The van der Waals surface area contributed by atoms with Crippen molar-refractivity contribution in [1.29, 1.82) is 5.26 Å². The van der Waals surface area contributed by atoms with Gasteiger partial charge in [0.1, 0.15) is 17.3 Å². The maximum Gasteiger partial charge on any atom is 0.308 e. The molecule has 0 amide bonds. The maximum absolute atomic E-state index is 11.9. The third-order valence-corrected chi connectivity index (χ3v) is 5.19. The molecule has 0 radical (unpaired) electrons. The lowest BCUT2D eigenvalue weighted by Gasteiger charge is -2.19. The minimum atomic E-state index is -0.366. The largest absolute Gasteiger partial charge is 0.454 e. The molecule has 0 aliphatic carbocycles. The molecule has 0 saturated carbocycles. The lowest BCUT2D eigenvalue weighted by Crippen LogP contribution is -2.12. The van der Waals surface area contributed by atoms with Crippen molar-refractivity contribution in [2.45, 2.75) is 53.4 Å². The van der Waals surface area contributed by atoms with Crippen LogP contribution in [0.3, 0.4) is 0 Å². The van der Waals surface area contributed by atoms with E-state index in [9.17, 15) is 10.1 Å². The van der Waals surface area contributed by atoms with Gasteiger partial charge in [0.2, 0.25) is 6.79 Å². The van der Waals surface area contributed by atoms with E-state index in [0.29, 0.717) is 22.0 Å². The second kappa shape index (κ2) is 10.0. The quantitative estimate of drug-likeness (QED) is 0.239. The Hall–Kier alpha value is -2.78. The number of carbonyl (C=O) groups is 1. The molecule has 0 unspecified atom stereocenters. The van der Waals surface area contributed by atoms with Crippen LogP contribution in [0.1, 0.15) is 63.6 Å². The molecule has 1 aromatic carbocycles. The zero-order chi connectivity index (χ0) is 23.3. The van der Waals surface area contributed by atoms with Crippen molar-refractivity contribution in [1.82, 2.24) is 9.78 Å². The van der Waals surface area contributed by atoms with E-state index >= 15 is 0 Å². The molecule has 0 saturated heterocycles. The number of nitrogens with zero attached hydrogens (tertiary/aromatic N) is 3. The fraction of sp³-hybridized carbons (Fsp3) is 0.458. The van der Waals surface area contributed by atoms with Gasteiger partial charge in [0, 0.05) is 13.5 Å². The minimum Gasteiger partial charge on any atom is -0.454 e. The molecule has 1 aromatic heterocycles. The van der Waals surface area contributed by atoms with Crippen LogP contribution in [0.2, 0.25) is 5.02 Å². The first kappa shape index (κ1) is 24.5. The Morgan fingerprint density at radius 1 is 1.23 bits per heavy atom. The molecule has 0 N–H and O–H groups in total. The monoisotopic (exact) mass is 443 g/mol. The van der Waals surface area contributed by atoms with Gasteiger partial charge in [-0.2, -0.15) is 10.4 Å². The number of allylic oxidation sites excluding steroid dienone is 1. The molecule has 0 fully saturated rings. The molecular weight excluding hydrogens is 414 g/mol. The van der Waals surface area contributed by atoms with Crippen molar-refractivity contribution in [3.05, 3.63) is 51.8 Å². The van der Waals surface area contributed by atoms with Crippen molar-refractivity contribution >= 4 is 28.9 Å². The predicted molar refractivity (Wildman–Crippen MR) is 122 cm³/mol. The highest BCUT2D eigenvalue weighted by atomic mass is 35.5. The van der Waals surface area contributed by atoms with Crippen molar-refractivity contribution in [2.75, 3.05) is 6.79 Å². The number of benzene rings is 1. The predicted octanol–water partition coefficient (Wildman–Crippen LogP) is 5.63. The second-order valence-corrected chi connectivity index (χ2v) is 9.27. The van der Waals surface area contributed by atoms with Crippen molar-refractivity contribution in [3.63, 3.8) is 0 Å². The number of aromatic nitrogens is 2. The summed E-state index contributed by atoms with van der Waals surface area (Å²) in [5.41, 5.74) is 3.15. The van der Waals surface area contributed by atoms with E-state index in [4.69, 9.17) is 21.1 Å². The van der Waals surface area contributed by atoms with Crippen LogP contribution in [0.4, 0.5) is 0 Å². The summed E-state index contributed by atoms with van der Waals surface area (Å²) >= 11 is 6.48. The first-order chi connectivity index (χ1) is 14.5. The summed E-state index contributed by atoms with van der Waals surface area (Å²) < 4.78 is 12.6. The fourth-order valence-electron chi connectivity index (χ4n) is 3.07. The van der Waals surface area contributed by atoms with Crippen LogP contribution in [-0.2, 0) is 26.7 Å². The zero-order valence-electron chi connectivity index (χ0n) is 19.2. The Morgan fingerprint density at radius 2 is 1.84 bits per heavy atom. The summed E-state index contributed by atoms with van der Waals surface area (Å²) in [6.07, 6.45) is 0.285. The number of carbonyl (C=O) groups excluding carboxylic acids is 1.